The first-order chi connectivity index (χ1) is 14.3. The van der Waals surface area contributed by atoms with Crippen LogP contribution in [0.4, 0.5) is 0 Å². The first-order valence-electron chi connectivity index (χ1n) is 9.38. The molecule has 0 aliphatic heterocycles. The summed E-state index contributed by atoms with van der Waals surface area (Å²) in [6, 6.07) is 22.9. The van der Waals surface area contributed by atoms with Gasteiger partial charge in [-0.25, -0.2) is 8.42 Å². The second-order valence-electron chi connectivity index (χ2n) is 6.98. The molecule has 0 radical (unpaired) electrons. The van der Waals surface area contributed by atoms with Crippen LogP contribution >= 0.6 is 11.6 Å². The van der Waals surface area contributed by atoms with Gasteiger partial charge in [0.05, 0.1) is 10.9 Å². The Bertz CT molecular complexity index is 1170. The Kier molecular flexibility index (Phi) is 6.75. The van der Waals surface area contributed by atoms with Gasteiger partial charge in [0, 0.05) is 16.9 Å². The van der Waals surface area contributed by atoms with Crippen LogP contribution in [0.25, 0.3) is 11.6 Å². The van der Waals surface area contributed by atoms with Gasteiger partial charge in [-0.2, -0.15) is 0 Å². The summed E-state index contributed by atoms with van der Waals surface area (Å²) < 4.78 is 23.3. The van der Waals surface area contributed by atoms with Gasteiger partial charge < -0.3 is 5.32 Å². The van der Waals surface area contributed by atoms with Crippen molar-refractivity contribution in [2.45, 2.75) is 17.9 Å². The van der Waals surface area contributed by atoms with Gasteiger partial charge in [-0.1, -0.05) is 72.3 Å². The standard InChI is InChI=1S/C24H22ClNO3S/c1-17(18-12-14-21(15-13-18)30(2,28)29)26-24(27)22(19-8-4-3-5-9-19)16-20-10-6-7-11-23(20)25/h3-17H,1-2H3,(H,26,27)/b22-16+/t17-/m1/s1. The van der Waals surface area contributed by atoms with Gasteiger partial charge >= 0.3 is 0 Å². The fourth-order valence-electron chi connectivity index (χ4n) is 3.01. The number of benzene rings is 3. The number of rotatable bonds is 6. The molecule has 1 N–H and O–H groups in total. The van der Waals surface area contributed by atoms with Crippen LogP contribution in [0.2, 0.25) is 5.02 Å². The molecule has 154 valence electrons. The number of hydrogen-bond acceptors (Lipinski definition) is 3. The smallest absolute Gasteiger partial charge is 0.252 e. The molecular formula is C24H22ClNO3S. The van der Waals surface area contributed by atoms with Gasteiger partial charge in [-0.3, -0.25) is 4.79 Å². The first kappa shape index (κ1) is 21.8. The summed E-state index contributed by atoms with van der Waals surface area (Å²) in [6.45, 7) is 1.85. The Morgan fingerprint density at radius 3 is 2.13 bits per heavy atom. The van der Waals surface area contributed by atoms with E-state index in [0.717, 1.165) is 16.7 Å². The number of amides is 1. The number of carbonyl (C=O) groups is 1. The number of halogens is 1. The van der Waals surface area contributed by atoms with Crippen molar-refractivity contribution in [1.29, 1.82) is 0 Å². The third-order valence-corrected chi connectivity index (χ3v) is 6.16. The van der Waals surface area contributed by atoms with E-state index in [9.17, 15) is 13.2 Å². The van der Waals surface area contributed by atoms with Crippen molar-refractivity contribution >= 4 is 39.0 Å². The topological polar surface area (TPSA) is 63.2 Å². The lowest BCUT2D eigenvalue weighted by Gasteiger charge is -2.17. The monoisotopic (exact) mass is 439 g/mol. The SMILES string of the molecule is C[C@@H](NC(=O)/C(=C/c1ccccc1Cl)c1ccccc1)c1ccc(S(C)(=O)=O)cc1. The third kappa shape index (κ3) is 5.38. The average Bonchev–Trinajstić information content (AvgIpc) is 2.73. The molecule has 3 aromatic carbocycles. The Morgan fingerprint density at radius 2 is 1.53 bits per heavy atom. The molecule has 0 bridgehead atoms. The fraction of sp³-hybridized carbons (Fsp3) is 0.125. The lowest BCUT2D eigenvalue weighted by atomic mass is 10.0. The molecule has 1 amide bonds. The number of hydrogen-bond donors (Lipinski definition) is 1. The van der Waals surface area contributed by atoms with E-state index >= 15 is 0 Å². The van der Waals surface area contributed by atoms with E-state index in [0.29, 0.717) is 10.6 Å². The van der Waals surface area contributed by atoms with Gasteiger partial charge in [0.15, 0.2) is 9.84 Å². The zero-order valence-corrected chi connectivity index (χ0v) is 18.2. The van der Waals surface area contributed by atoms with Crippen molar-refractivity contribution in [1.82, 2.24) is 5.32 Å². The van der Waals surface area contributed by atoms with Gasteiger partial charge in [0.1, 0.15) is 0 Å². The first-order valence-corrected chi connectivity index (χ1v) is 11.6. The van der Waals surface area contributed by atoms with Crippen molar-refractivity contribution in [2.24, 2.45) is 0 Å². The molecule has 0 aromatic heterocycles. The van der Waals surface area contributed by atoms with Crippen molar-refractivity contribution in [3.05, 3.63) is 101 Å². The van der Waals surface area contributed by atoms with Gasteiger partial charge in [-0.15, -0.1) is 0 Å². The van der Waals surface area contributed by atoms with E-state index < -0.39 is 9.84 Å². The van der Waals surface area contributed by atoms with Crippen LogP contribution < -0.4 is 5.32 Å². The average molecular weight is 440 g/mol. The summed E-state index contributed by atoms with van der Waals surface area (Å²) in [7, 11) is -3.27. The van der Waals surface area contributed by atoms with E-state index in [1.54, 1.807) is 36.4 Å². The van der Waals surface area contributed by atoms with Gasteiger partial charge in [0.25, 0.3) is 5.91 Å². The Labute approximate surface area is 182 Å². The van der Waals surface area contributed by atoms with Crippen LogP contribution in [0.3, 0.4) is 0 Å². The van der Waals surface area contributed by atoms with E-state index in [-0.39, 0.29) is 16.8 Å². The van der Waals surface area contributed by atoms with Crippen LogP contribution in [0.15, 0.2) is 83.8 Å². The summed E-state index contributed by atoms with van der Waals surface area (Å²) in [5.41, 5.74) is 2.82. The summed E-state index contributed by atoms with van der Waals surface area (Å²) >= 11 is 6.29. The highest BCUT2D eigenvalue weighted by Crippen LogP contribution is 2.24. The van der Waals surface area contributed by atoms with E-state index in [1.807, 2.05) is 55.5 Å². The summed E-state index contributed by atoms with van der Waals surface area (Å²) in [5, 5.41) is 3.55. The summed E-state index contributed by atoms with van der Waals surface area (Å²) in [5.74, 6) is -0.249. The van der Waals surface area contributed by atoms with E-state index in [2.05, 4.69) is 5.32 Å². The molecule has 1 atom stereocenters. The largest absolute Gasteiger partial charge is 0.345 e. The molecule has 0 heterocycles. The highest BCUT2D eigenvalue weighted by molar-refractivity contribution is 7.90. The third-order valence-electron chi connectivity index (χ3n) is 4.69. The Hall–Kier alpha value is -2.89. The van der Waals surface area contributed by atoms with Crippen LogP contribution in [-0.2, 0) is 14.6 Å². The highest BCUT2D eigenvalue weighted by atomic mass is 35.5. The maximum atomic E-state index is 13.2. The van der Waals surface area contributed by atoms with Crippen molar-refractivity contribution in [2.75, 3.05) is 6.26 Å². The van der Waals surface area contributed by atoms with Crippen LogP contribution in [0, 0.1) is 0 Å². The van der Waals surface area contributed by atoms with Crippen molar-refractivity contribution in [3.63, 3.8) is 0 Å². The molecule has 0 fully saturated rings. The molecule has 30 heavy (non-hydrogen) atoms. The molecule has 0 saturated carbocycles. The second kappa shape index (κ2) is 9.28. The summed E-state index contributed by atoms with van der Waals surface area (Å²) in [4.78, 5) is 13.4. The summed E-state index contributed by atoms with van der Waals surface area (Å²) in [6.07, 6.45) is 2.94. The van der Waals surface area contributed by atoms with E-state index in [1.165, 1.54) is 6.26 Å². The molecule has 3 rings (SSSR count). The van der Waals surface area contributed by atoms with Crippen molar-refractivity contribution < 1.29 is 13.2 Å². The highest BCUT2D eigenvalue weighted by Gasteiger charge is 2.17. The molecule has 0 aliphatic carbocycles. The number of carbonyl (C=O) groups excluding carboxylic acids is 1. The number of sulfone groups is 1. The minimum absolute atomic E-state index is 0.244. The number of nitrogens with one attached hydrogen (secondary N) is 1. The molecule has 0 saturated heterocycles. The lowest BCUT2D eigenvalue weighted by molar-refractivity contribution is -0.116. The van der Waals surface area contributed by atoms with Gasteiger partial charge in [0.2, 0.25) is 0 Å². The predicted octanol–water partition coefficient (Wildman–Crippen LogP) is 5.16. The van der Waals surface area contributed by atoms with Crippen LogP contribution in [-0.4, -0.2) is 20.6 Å². The zero-order chi connectivity index (χ0) is 21.7. The second-order valence-corrected chi connectivity index (χ2v) is 9.40. The molecular weight excluding hydrogens is 418 g/mol. The minimum atomic E-state index is -3.27. The van der Waals surface area contributed by atoms with Crippen LogP contribution in [0.5, 0.6) is 0 Å². The zero-order valence-electron chi connectivity index (χ0n) is 16.7. The molecule has 4 nitrogen and oxygen atoms in total. The lowest BCUT2D eigenvalue weighted by Crippen LogP contribution is -2.27. The predicted molar refractivity (Wildman–Crippen MR) is 122 cm³/mol. The van der Waals surface area contributed by atoms with Crippen LogP contribution in [0.1, 0.15) is 29.7 Å². The Balaban J connectivity index is 1.89. The molecule has 6 heteroatoms. The molecule has 0 unspecified atom stereocenters. The maximum absolute atomic E-state index is 13.2. The van der Waals surface area contributed by atoms with Crippen molar-refractivity contribution in [3.8, 4) is 0 Å². The molecule has 3 aromatic rings. The maximum Gasteiger partial charge on any atom is 0.252 e. The minimum Gasteiger partial charge on any atom is -0.345 e. The van der Waals surface area contributed by atoms with Gasteiger partial charge in [-0.05, 0) is 47.9 Å². The molecule has 0 aliphatic rings. The quantitative estimate of drug-likeness (QED) is 0.426. The normalized spacial score (nSPS) is 13.0. The Morgan fingerprint density at radius 1 is 0.933 bits per heavy atom. The fourth-order valence-corrected chi connectivity index (χ4v) is 3.83. The molecule has 0 spiro atoms. The van der Waals surface area contributed by atoms with E-state index in [4.69, 9.17) is 11.6 Å².